The SMILES string of the molecule is ClOCl.OP(O)O. The number of rotatable bonds is 0. The number of hydrogen-bond donors (Lipinski definition) is 3. The van der Waals surface area contributed by atoms with Crippen molar-refractivity contribution in [1.82, 2.24) is 0 Å². The fourth-order valence-corrected chi connectivity index (χ4v) is 0. The molecule has 0 aromatic carbocycles. The first-order valence-corrected chi connectivity index (χ1v) is 2.73. The van der Waals surface area contributed by atoms with E-state index in [1.807, 2.05) is 0 Å². The van der Waals surface area contributed by atoms with Crippen LogP contribution in [0.1, 0.15) is 0 Å². The first-order chi connectivity index (χ1) is 3.15. The van der Waals surface area contributed by atoms with E-state index in [9.17, 15) is 0 Å². The highest BCUT2D eigenvalue weighted by Crippen LogP contribution is 2.11. The molecule has 0 heterocycles. The van der Waals surface area contributed by atoms with E-state index >= 15 is 0 Å². The minimum absolute atomic E-state index is 2.62. The Hall–Kier alpha value is 0.850. The van der Waals surface area contributed by atoms with E-state index in [0.717, 1.165) is 0 Å². The van der Waals surface area contributed by atoms with E-state index in [4.69, 9.17) is 14.7 Å². The predicted octanol–water partition coefficient (Wildman–Crippen LogP) is 0.501. The monoisotopic (exact) mass is 168 g/mol. The van der Waals surface area contributed by atoms with Gasteiger partial charge < -0.3 is 14.7 Å². The lowest BCUT2D eigenvalue weighted by molar-refractivity contribution is 0.368. The van der Waals surface area contributed by atoms with E-state index in [2.05, 4.69) is 27.6 Å². The molecule has 7 heteroatoms. The second kappa shape index (κ2) is 9.97. The summed E-state index contributed by atoms with van der Waals surface area (Å²) in [6.07, 6.45) is 0. The summed E-state index contributed by atoms with van der Waals surface area (Å²) < 4.78 is 3.19. The first-order valence-electron chi connectivity index (χ1n) is 0.909. The molecule has 0 radical (unpaired) electrons. The van der Waals surface area contributed by atoms with Crippen LogP contribution in [-0.4, -0.2) is 14.7 Å². The maximum absolute atomic E-state index is 7.23. The highest BCUT2D eigenvalue weighted by atomic mass is 35.6. The van der Waals surface area contributed by atoms with Crippen LogP contribution in [0.15, 0.2) is 0 Å². The van der Waals surface area contributed by atoms with Crippen molar-refractivity contribution in [3.63, 3.8) is 0 Å². The smallest absolute Gasteiger partial charge is 0.324 e. The Bertz CT molecular complexity index is 20.9. The largest absolute Gasteiger partial charge is 0.328 e. The minimum Gasteiger partial charge on any atom is -0.328 e. The van der Waals surface area contributed by atoms with Gasteiger partial charge in [-0.1, -0.05) is 0 Å². The van der Waals surface area contributed by atoms with E-state index < -0.39 is 8.60 Å². The molecule has 0 aliphatic rings. The van der Waals surface area contributed by atoms with Gasteiger partial charge in [0.2, 0.25) is 0 Å². The number of hydrogen-bond acceptors (Lipinski definition) is 4. The van der Waals surface area contributed by atoms with Crippen LogP contribution in [0.3, 0.4) is 0 Å². The molecule has 0 rings (SSSR count). The van der Waals surface area contributed by atoms with Gasteiger partial charge in [0.25, 0.3) is 0 Å². The van der Waals surface area contributed by atoms with Crippen LogP contribution in [0.2, 0.25) is 0 Å². The van der Waals surface area contributed by atoms with Crippen LogP contribution in [0.4, 0.5) is 0 Å². The third-order valence-corrected chi connectivity index (χ3v) is 0. The van der Waals surface area contributed by atoms with Gasteiger partial charge in [0.15, 0.2) is 0 Å². The van der Waals surface area contributed by atoms with Crippen LogP contribution < -0.4 is 0 Å². The van der Waals surface area contributed by atoms with E-state index in [1.165, 1.54) is 0 Å². The molecule has 0 saturated heterocycles. The van der Waals surface area contributed by atoms with Crippen molar-refractivity contribution in [3.8, 4) is 0 Å². The summed E-state index contributed by atoms with van der Waals surface area (Å²) in [7, 11) is -2.62. The molecule has 0 fully saturated rings. The maximum atomic E-state index is 7.23. The van der Waals surface area contributed by atoms with Crippen LogP contribution in [0, 0.1) is 0 Å². The molecular formula is H3Cl2O4P. The fraction of sp³-hybridized carbons (Fsp3) is 0. The van der Waals surface area contributed by atoms with Gasteiger partial charge in [-0.2, -0.15) is 3.84 Å². The molecule has 7 heavy (non-hydrogen) atoms. The van der Waals surface area contributed by atoms with Gasteiger partial charge in [-0.05, 0) is 0 Å². The lowest BCUT2D eigenvalue weighted by Crippen LogP contribution is -1.54. The van der Waals surface area contributed by atoms with E-state index in [1.54, 1.807) is 0 Å². The normalized spacial score (nSPS) is 7.71. The molecule has 3 N–H and O–H groups in total. The molecule has 0 spiro atoms. The molecule has 0 amide bonds. The third kappa shape index (κ3) is 223. The summed E-state index contributed by atoms with van der Waals surface area (Å²) in [5, 5.41) is 0. The Morgan fingerprint density at radius 3 is 1.14 bits per heavy atom. The summed E-state index contributed by atoms with van der Waals surface area (Å²) >= 11 is 8.53. The highest BCUT2D eigenvalue weighted by molar-refractivity contribution is 7.38. The summed E-state index contributed by atoms with van der Waals surface area (Å²) in [4.78, 5) is 21.7. The van der Waals surface area contributed by atoms with E-state index in [0.29, 0.717) is 0 Å². The molecule has 0 atom stereocenters. The van der Waals surface area contributed by atoms with Gasteiger partial charge in [0.05, 0.1) is 23.7 Å². The second-order valence-corrected chi connectivity index (χ2v) is 1.33. The molecule has 0 aliphatic carbocycles. The number of halogens is 2. The minimum atomic E-state index is -2.62. The molecule has 4 nitrogen and oxygen atoms in total. The van der Waals surface area contributed by atoms with Gasteiger partial charge in [0.1, 0.15) is 0 Å². The van der Waals surface area contributed by atoms with E-state index in [-0.39, 0.29) is 0 Å². The lowest BCUT2D eigenvalue weighted by Gasteiger charge is -1.76. The van der Waals surface area contributed by atoms with Crippen molar-refractivity contribution in [1.29, 1.82) is 0 Å². The van der Waals surface area contributed by atoms with Crippen LogP contribution >= 0.6 is 32.3 Å². The van der Waals surface area contributed by atoms with Crippen molar-refractivity contribution >= 4 is 32.3 Å². The van der Waals surface area contributed by atoms with Crippen molar-refractivity contribution in [2.75, 3.05) is 0 Å². The zero-order valence-electron chi connectivity index (χ0n) is 2.95. The molecule has 0 aromatic heterocycles. The summed E-state index contributed by atoms with van der Waals surface area (Å²) in [5.74, 6) is 0. The molecule has 0 bridgehead atoms. The van der Waals surface area contributed by atoms with Gasteiger partial charge >= 0.3 is 8.60 Å². The average Bonchev–Trinajstić information content (AvgIpc) is 1.33. The third-order valence-electron chi connectivity index (χ3n) is 0. The topological polar surface area (TPSA) is 69.9 Å². The Morgan fingerprint density at radius 1 is 1.14 bits per heavy atom. The van der Waals surface area contributed by atoms with Crippen molar-refractivity contribution < 1.29 is 18.5 Å². The van der Waals surface area contributed by atoms with Gasteiger partial charge in [-0.15, -0.1) is 0 Å². The highest BCUT2D eigenvalue weighted by Gasteiger charge is 1.76. The molecule has 46 valence electrons. The predicted molar refractivity (Wildman–Crippen MR) is 26.4 cm³/mol. The van der Waals surface area contributed by atoms with Gasteiger partial charge in [-0.3, -0.25) is 0 Å². The van der Waals surface area contributed by atoms with Crippen LogP contribution in [0.25, 0.3) is 0 Å². The average molecular weight is 169 g/mol. The second-order valence-electron chi connectivity index (χ2n) is 0.327. The Labute approximate surface area is 51.6 Å². The summed E-state index contributed by atoms with van der Waals surface area (Å²) in [6, 6.07) is 0. The first kappa shape index (κ1) is 10.8. The van der Waals surface area contributed by atoms with Crippen molar-refractivity contribution in [2.24, 2.45) is 0 Å². The molecular weight excluding hydrogens is 166 g/mol. The maximum Gasteiger partial charge on any atom is 0.324 e. The molecule has 0 saturated carbocycles. The zero-order chi connectivity index (χ0) is 6.28. The van der Waals surface area contributed by atoms with Crippen LogP contribution in [-0.2, 0) is 3.84 Å². The molecule has 0 aromatic rings. The lowest BCUT2D eigenvalue weighted by atomic mass is 15.8. The van der Waals surface area contributed by atoms with Crippen molar-refractivity contribution in [3.05, 3.63) is 0 Å². The van der Waals surface area contributed by atoms with Crippen LogP contribution in [0.5, 0.6) is 0 Å². The fourth-order valence-electron chi connectivity index (χ4n) is 0. The quantitative estimate of drug-likeness (QED) is 0.461. The van der Waals surface area contributed by atoms with Gasteiger partial charge in [0, 0.05) is 0 Å². The molecule has 0 unspecified atom stereocenters. The Balaban J connectivity index is 0. The van der Waals surface area contributed by atoms with Gasteiger partial charge in [-0.25, -0.2) is 0 Å². The Morgan fingerprint density at radius 2 is 1.14 bits per heavy atom. The Kier molecular flexibility index (Phi) is 15.3. The summed E-state index contributed by atoms with van der Waals surface area (Å²) in [5.41, 5.74) is 0. The summed E-state index contributed by atoms with van der Waals surface area (Å²) in [6.45, 7) is 0. The standard InChI is InChI=1S/Cl2O.H3O3P/c1-3-2;1-4(2)3/h;1-3H. The molecule has 0 aliphatic heterocycles. The zero-order valence-corrected chi connectivity index (χ0v) is 5.36. The van der Waals surface area contributed by atoms with Crippen molar-refractivity contribution in [2.45, 2.75) is 0 Å².